The molecule has 0 aromatic rings. The molecule has 0 rings (SSSR count). The molecule has 1 N–H and O–H groups in total. The Kier molecular flexibility index (Phi) is 13.0. The van der Waals surface area contributed by atoms with Gasteiger partial charge in [0.25, 0.3) is 0 Å². The zero-order chi connectivity index (χ0) is 16.7. The fraction of sp³-hybridized carbons (Fsp3) is 0.750. The van der Waals surface area contributed by atoms with Crippen LogP contribution in [0.3, 0.4) is 0 Å². The summed E-state index contributed by atoms with van der Waals surface area (Å²) in [4.78, 5) is 10.4. The minimum atomic E-state index is -0.673. The van der Waals surface area contributed by atoms with E-state index in [9.17, 15) is 4.79 Å². The van der Waals surface area contributed by atoms with Crippen molar-refractivity contribution in [2.24, 2.45) is 5.41 Å². The molecule has 0 fully saturated rings. The van der Waals surface area contributed by atoms with Crippen molar-refractivity contribution in [3.05, 3.63) is 24.3 Å². The Morgan fingerprint density at radius 3 is 1.91 bits per heavy atom. The number of hydrogen-bond acceptors (Lipinski definition) is 1. The first-order chi connectivity index (χ1) is 10.5. The Bertz CT molecular complexity index is 327. The summed E-state index contributed by atoms with van der Waals surface area (Å²) in [6, 6.07) is 0. The lowest BCUT2D eigenvalue weighted by Crippen LogP contribution is -2.01. The molecule has 0 amide bonds. The van der Waals surface area contributed by atoms with Crippen LogP contribution >= 0.6 is 0 Å². The molecule has 2 nitrogen and oxygen atoms in total. The number of rotatable bonds is 14. The lowest BCUT2D eigenvalue weighted by atomic mass is 9.91. The summed E-state index contributed by atoms with van der Waals surface area (Å²) in [5.41, 5.74) is 0.160. The van der Waals surface area contributed by atoms with Crippen molar-refractivity contribution in [2.45, 2.75) is 91.4 Å². The lowest BCUT2D eigenvalue weighted by Gasteiger charge is -2.14. The highest BCUT2D eigenvalue weighted by molar-refractivity contribution is 5.66. The van der Waals surface area contributed by atoms with E-state index < -0.39 is 5.97 Å². The van der Waals surface area contributed by atoms with Crippen LogP contribution in [-0.2, 0) is 4.79 Å². The maximum absolute atomic E-state index is 10.4. The van der Waals surface area contributed by atoms with Gasteiger partial charge in [0.15, 0.2) is 0 Å². The minimum Gasteiger partial charge on any atom is -0.481 e. The van der Waals surface area contributed by atoms with Crippen LogP contribution in [0.4, 0.5) is 0 Å². The molecule has 22 heavy (non-hydrogen) atoms. The highest BCUT2D eigenvalue weighted by atomic mass is 16.4. The summed E-state index contributed by atoms with van der Waals surface area (Å²) in [5, 5.41) is 8.55. The van der Waals surface area contributed by atoms with Gasteiger partial charge in [-0.1, -0.05) is 77.2 Å². The van der Waals surface area contributed by atoms with E-state index in [1.165, 1.54) is 38.5 Å². The second kappa shape index (κ2) is 13.6. The van der Waals surface area contributed by atoms with Gasteiger partial charge in [-0.25, -0.2) is 0 Å². The monoisotopic (exact) mass is 308 g/mol. The van der Waals surface area contributed by atoms with Gasteiger partial charge < -0.3 is 5.11 Å². The fourth-order valence-corrected chi connectivity index (χ4v) is 2.41. The zero-order valence-electron chi connectivity index (χ0n) is 14.9. The van der Waals surface area contributed by atoms with Gasteiger partial charge in [-0.15, -0.1) is 0 Å². The first kappa shape index (κ1) is 20.9. The summed E-state index contributed by atoms with van der Waals surface area (Å²) in [5.74, 6) is -0.673. The molecule has 0 unspecified atom stereocenters. The molecule has 128 valence electrons. The van der Waals surface area contributed by atoms with Crippen molar-refractivity contribution in [2.75, 3.05) is 0 Å². The van der Waals surface area contributed by atoms with Gasteiger partial charge in [-0.2, -0.15) is 0 Å². The summed E-state index contributed by atoms with van der Waals surface area (Å²) in [6.07, 6.45) is 21.2. The van der Waals surface area contributed by atoms with Crippen molar-refractivity contribution >= 4 is 5.97 Å². The quantitative estimate of drug-likeness (QED) is 0.293. The number of unbranched alkanes of at least 4 members (excludes halogenated alkanes) is 8. The summed E-state index contributed by atoms with van der Waals surface area (Å²) >= 11 is 0. The smallest absolute Gasteiger partial charge is 0.303 e. The number of hydrogen-bond donors (Lipinski definition) is 1. The van der Waals surface area contributed by atoms with Crippen molar-refractivity contribution in [3.63, 3.8) is 0 Å². The Morgan fingerprint density at radius 2 is 1.36 bits per heavy atom. The van der Waals surface area contributed by atoms with Gasteiger partial charge in [-0.3, -0.25) is 4.79 Å². The van der Waals surface area contributed by atoms with Gasteiger partial charge >= 0.3 is 5.97 Å². The normalized spacial score (nSPS) is 12.5. The maximum Gasteiger partial charge on any atom is 0.303 e. The van der Waals surface area contributed by atoms with E-state index in [1.807, 2.05) is 0 Å². The molecule has 0 aliphatic rings. The third-order valence-corrected chi connectivity index (χ3v) is 3.83. The topological polar surface area (TPSA) is 37.3 Å². The van der Waals surface area contributed by atoms with Crippen LogP contribution in [0.2, 0.25) is 0 Å². The lowest BCUT2D eigenvalue weighted by molar-refractivity contribution is -0.137. The van der Waals surface area contributed by atoms with E-state index in [2.05, 4.69) is 45.1 Å². The molecule has 2 heteroatoms. The third-order valence-electron chi connectivity index (χ3n) is 3.83. The summed E-state index contributed by atoms with van der Waals surface area (Å²) in [7, 11) is 0. The Morgan fingerprint density at radius 1 is 0.864 bits per heavy atom. The molecular weight excluding hydrogens is 272 g/mol. The first-order valence-corrected chi connectivity index (χ1v) is 9.05. The van der Waals surface area contributed by atoms with Crippen molar-refractivity contribution in [3.8, 4) is 0 Å². The average Bonchev–Trinajstić information content (AvgIpc) is 2.45. The molecule has 0 aliphatic heterocycles. The van der Waals surface area contributed by atoms with Crippen LogP contribution in [0, 0.1) is 5.41 Å². The number of carboxylic acids is 1. The number of carboxylic acid groups (broad SMARTS) is 1. The highest BCUT2D eigenvalue weighted by Crippen LogP contribution is 2.20. The minimum absolute atomic E-state index is 0.160. The van der Waals surface area contributed by atoms with E-state index in [4.69, 9.17) is 5.11 Å². The van der Waals surface area contributed by atoms with Crippen LogP contribution in [0.15, 0.2) is 24.3 Å². The standard InChI is InChI=1S/C20H36O2/c1-4-5-6-11-14-17-20(2,3)18-15-12-9-7-8-10-13-16-19(21)22/h14-15,17-18H,4-13,16H2,1-3H3,(H,21,22). The average molecular weight is 309 g/mol. The van der Waals surface area contributed by atoms with Gasteiger partial charge in [0.1, 0.15) is 0 Å². The molecule has 0 aromatic heterocycles. The second-order valence-electron chi connectivity index (χ2n) is 6.82. The van der Waals surface area contributed by atoms with Crippen LogP contribution in [-0.4, -0.2) is 11.1 Å². The molecule has 0 spiro atoms. The van der Waals surface area contributed by atoms with E-state index in [0.717, 1.165) is 25.7 Å². The largest absolute Gasteiger partial charge is 0.481 e. The maximum atomic E-state index is 10.4. The molecule has 0 heterocycles. The highest BCUT2D eigenvalue weighted by Gasteiger charge is 2.07. The number of allylic oxidation sites excluding steroid dienone is 4. The zero-order valence-corrected chi connectivity index (χ0v) is 14.9. The predicted molar refractivity (Wildman–Crippen MR) is 96.2 cm³/mol. The summed E-state index contributed by atoms with van der Waals surface area (Å²) in [6.45, 7) is 6.75. The SMILES string of the molecule is CCCCCC=CC(C)(C)C=CCCCCCCCC(=O)O. The van der Waals surface area contributed by atoms with Crippen molar-refractivity contribution in [1.82, 2.24) is 0 Å². The van der Waals surface area contributed by atoms with Crippen molar-refractivity contribution < 1.29 is 9.90 Å². The van der Waals surface area contributed by atoms with E-state index >= 15 is 0 Å². The van der Waals surface area contributed by atoms with Crippen molar-refractivity contribution in [1.29, 1.82) is 0 Å². The van der Waals surface area contributed by atoms with E-state index in [1.54, 1.807) is 0 Å². The molecule has 0 saturated heterocycles. The molecule has 0 aliphatic carbocycles. The van der Waals surface area contributed by atoms with E-state index in [0.29, 0.717) is 6.42 Å². The van der Waals surface area contributed by atoms with Crippen LogP contribution in [0.1, 0.15) is 91.4 Å². The molecule has 0 radical (unpaired) electrons. The van der Waals surface area contributed by atoms with Crippen LogP contribution in [0.25, 0.3) is 0 Å². The van der Waals surface area contributed by atoms with Gasteiger partial charge in [0.05, 0.1) is 0 Å². The Labute approximate surface area is 137 Å². The van der Waals surface area contributed by atoms with Crippen LogP contribution < -0.4 is 0 Å². The molecular formula is C20H36O2. The Balaban J connectivity index is 3.62. The van der Waals surface area contributed by atoms with Gasteiger partial charge in [0.2, 0.25) is 0 Å². The Hall–Kier alpha value is -1.05. The second-order valence-corrected chi connectivity index (χ2v) is 6.82. The molecule has 0 bridgehead atoms. The fourth-order valence-electron chi connectivity index (χ4n) is 2.41. The van der Waals surface area contributed by atoms with Gasteiger partial charge in [-0.05, 0) is 32.1 Å². The number of aliphatic carboxylic acids is 1. The predicted octanol–water partition coefficient (Wildman–Crippen LogP) is 6.52. The molecule has 0 atom stereocenters. The molecule has 0 saturated carbocycles. The van der Waals surface area contributed by atoms with Gasteiger partial charge in [0, 0.05) is 11.8 Å². The number of carbonyl (C=O) groups is 1. The summed E-state index contributed by atoms with van der Waals surface area (Å²) < 4.78 is 0. The first-order valence-electron chi connectivity index (χ1n) is 9.05. The molecule has 0 aromatic carbocycles. The third kappa shape index (κ3) is 15.3. The van der Waals surface area contributed by atoms with E-state index in [-0.39, 0.29) is 5.41 Å². The van der Waals surface area contributed by atoms with Crippen LogP contribution in [0.5, 0.6) is 0 Å².